The van der Waals surface area contributed by atoms with Gasteiger partial charge in [0.2, 0.25) is 0 Å². The quantitative estimate of drug-likeness (QED) is 0.667. The molecule has 0 aliphatic heterocycles. The van der Waals surface area contributed by atoms with Crippen LogP contribution in [0.3, 0.4) is 0 Å². The predicted molar refractivity (Wildman–Crippen MR) is 62.7 cm³/mol. The number of hydrogen-bond acceptors (Lipinski definition) is 2. The largest absolute Gasteiger partial charge is 0.396 e. The van der Waals surface area contributed by atoms with Gasteiger partial charge in [-0.3, -0.25) is 0 Å². The van der Waals surface area contributed by atoms with Gasteiger partial charge in [-0.05, 0) is 43.9 Å². The minimum absolute atomic E-state index is 0.0426. The second kappa shape index (κ2) is 7.24. The van der Waals surface area contributed by atoms with E-state index in [1.54, 1.807) is 0 Å². The molecule has 0 aromatic carbocycles. The molecule has 2 nitrogen and oxygen atoms in total. The smallest absolute Gasteiger partial charge is 0.0568 e. The zero-order valence-electron chi connectivity index (χ0n) is 9.99. The maximum absolute atomic E-state index is 9.85. The molecule has 2 N–H and O–H groups in total. The molecule has 0 saturated heterocycles. The molecule has 1 fully saturated rings. The Hall–Kier alpha value is -0.0800. The first kappa shape index (κ1) is 13.0. The lowest BCUT2D eigenvalue weighted by Crippen LogP contribution is -2.28. The van der Waals surface area contributed by atoms with E-state index >= 15 is 0 Å². The first-order valence-corrected chi connectivity index (χ1v) is 6.53. The van der Waals surface area contributed by atoms with E-state index in [1.165, 1.54) is 32.1 Å². The molecule has 2 heteroatoms. The molecule has 15 heavy (non-hydrogen) atoms. The highest BCUT2D eigenvalue weighted by molar-refractivity contribution is 4.77. The summed E-state index contributed by atoms with van der Waals surface area (Å²) in [7, 11) is 0. The highest BCUT2D eigenvalue weighted by Gasteiger charge is 2.26. The first-order valence-electron chi connectivity index (χ1n) is 6.53. The maximum atomic E-state index is 9.85. The fraction of sp³-hybridized carbons (Fsp3) is 1.00. The van der Waals surface area contributed by atoms with Crippen LogP contribution in [0.1, 0.15) is 58.3 Å². The van der Waals surface area contributed by atoms with Gasteiger partial charge >= 0.3 is 0 Å². The summed E-state index contributed by atoms with van der Waals surface area (Å²) >= 11 is 0. The third kappa shape index (κ3) is 4.98. The molecule has 0 bridgehead atoms. The van der Waals surface area contributed by atoms with Gasteiger partial charge in [0.25, 0.3) is 0 Å². The van der Waals surface area contributed by atoms with Gasteiger partial charge in [0.05, 0.1) is 6.10 Å². The first-order chi connectivity index (χ1) is 7.24. The van der Waals surface area contributed by atoms with Crippen LogP contribution in [0.4, 0.5) is 0 Å². The Balaban J connectivity index is 2.08. The number of unbranched alkanes of at least 4 members (excludes halogenated alkanes) is 3. The van der Waals surface area contributed by atoms with Crippen molar-refractivity contribution in [3.8, 4) is 0 Å². The van der Waals surface area contributed by atoms with Gasteiger partial charge < -0.3 is 10.2 Å². The average molecular weight is 214 g/mol. The normalized spacial score (nSPS) is 31.8. The number of aliphatic hydroxyl groups is 2. The van der Waals surface area contributed by atoms with E-state index in [1.807, 2.05) is 0 Å². The maximum Gasteiger partial charge on any atom is 0.0568 e. The summed E-state index contributed by atoms with van der Waals surface area (Å²) in [6, 6.07) is 0. The van der Waals surface area contributed by atoms with Crippen molar-refractivity contribution in [3.05, 3.63) is 0 Å². The highest BCUT2D eigenvalue weighted by Crippen LogP contribution is 2.32. The van der Waals surface area contributed by atoms with E-state index in [-0.39, 0.29) is 6.10 Å². The molecule has 0 aromatic heterocycles. The zero-order chi connectivity index (χ0) is 11.1. The Morgan fingerprint density at radius 3 is 2.53 bits per heavy atom. The lowest BCUT2D eigenvalue weighted by molar-refractivity contribution is 0.0460. The average Bonchev–Trinajstić information content (AvgIpc) is 2.23. The Morgan fingerprint density at radius 1 is 1.07 bits per heavy atom. The topological polar surface area (TPSA) is 40.5 Å². The molecular formula is C13H26O2. The molecule has 1 aliphatic carbocycles. The summed E-state index contributed by atoms with van der Waals surface area (Å²) < 4.78 is 0. The van der Waals surface area contributed by atoms with Crippen molar-refractivity contribution in [1.29, 1.82) is 0 Å². The van der Waals surface area contributed by atoms with Crippen LogP contribution < -0.4 is 0 Å². The molecular weight excluding hydrogens is 188 g/mol. The van der Waals surface area contributed by atoms with Gasteiger partial charge in [-0.25, -0.2) is 0 Å². The van der Waals surface area contributed by atoms with Crippen LogP contribution in [0.5, 0.6) is 0 Å². The molecule has 0 spiro atoms. The zero-order valence-corrected chi connectivity index (χ0v) is 9.99. The van der Waals surface area contributed by atoms with Crippen molar-refractivity contribution < 1.29 is 10.2 Å². The Kier molecular flexibility index (Phi) is 6.26. The summed E-state index contributed by atoms with van der Waals surface area (Å²) in [5.41, 5.74) is 0. The van der Waals surface area contributed by atoms with Gasteiger partial charge in [-0.15, -0.1) is 0 Å². The van der Waals surface area contributed by atoms with Gasteiger partial charge in [-0.1, -0.05) is 26.2 Å². The van der Waals surface area contributed by atoms with Crippen LogP contribution >= 0.6 is 0 Å². The van der Waals surface area contributed by atoms with E-state index in [0.29, 0.717) is 12.5 Å². The van der Waals surface area contributed by atoms with Crippen LogP contribution in [0.2, 0.25) is 0 Å². The Labute approximate surface area is 93.7 Å². The SMILES string of the molecule is CC1CCC(O)C(CCCCCCO)C1. The molecule has 1 saturated carbocycles. The molecule has 3 unspecified atom stereocenters. The fourth-order valence-corrected chi connectivity index (χ4v) is 2.66. The number of rotatable bonds is 6. The standard InChI is InChI=1S/C13H26O2/c1-11-7-8-13(15)12(10-11)6-4-2-3-5-9-14/h11-15H,2-10H2,1H3. The molecule has 1 rings (SSSR count). The van der Waals surface area contributed by atoms with Crippen LogP contribution in [0.15, 0.2) is 0 Å². The van der Waals surface area contributed by atoms with Crippen LogP contribution in [-0.2, 0) is 0 Å². The highest BCUT2D eigenvalue weighted by atomic mass is 16.3. The molecule has 3 atom stereocenters. The van der Waals surface area contributed by atoms with Crippen molar-refractivity contribution in [2.24, 2.45) is 11.8 Å². The minimum atomic E-state index is -0.0426. The third-order valence-electron chi connectivity index (χ3n) is 3.69. The molecule has 0 heterocycles. The molecule has 0 radical (unpaired) electrons. The van der Waals surface area contributed by atoms with Crippen molar-refractivity contribution in [1.82, 2.24) is 0 Å². The molecule has 0 aromatic rings. The minimum Gasteiger partial charge on any atom is -0.396 e. The van der Waals surface area contributed by atoms with E-state index in [9.17, 15) is 5.11 Å². The number of aliphatic hydroxyl groups excluding tert-OH is 2. The Bertz CT molecular complexity index is 159. The van der Waals surface area contributed by atoms with Crippen LogP contribution in [0, 0.1) is 11.8 Å². The summed E-state index contributed by atoms with van der Waals surface area (Å²) in [4.78, 5) is 0. The monoisotopic (exact) mass is 214 g/mol. The van der Waals surface area contributed by atoms with Crippen LogP contribution in [-0.4, -0.2) is 22.9 Å². The van der Waals surface area contributed by atoms with Gasteiger partial charge in [-0.2, -0.15) is 0 Å². The molecule has 1 aliphatic rings. The predicted octanol–water partition coefficient (Wildman–Crippen LogP) is 2.73. The van der Waals surface area contributed by atoms with Gasteiger partial charge in [0.15, 0.2) is 0 Å². The third-order valence-corrected chi connectivity index (χ3v) is 3.69. The van der Waals surface area contributed by atoms with Gasteiger partial charge in [0, 0.05) is 6.61 Å². The van der Waals surface area contributed by atoms with Crippen molar-refractivity contribution in [2.45, 2.75) is 64.4 Å². The van der Waals surface area contributed by atoms with E-state index in [2.05, 4.69) is 6.92 Å². The number of hydrogen-bond donors (Lipinski definition) is 2. The van der Waals surface area contributed by atoms with Crippen LogP contribution in [0.25, 0.3) is 0 Å². The van der Waals surface area contributed by atoms with Crippen molar-refractivity contribution >= 4 is 0 Å². The van der Waals surface area contributed by atoms with E-state index in [4.69, 9.17) is 5.11 Å². The van der Waals surface area contributed by atoms with Crippen molar-refractivity contribution in [3.63, 3.8) is 0 Å². The lowest BCUT2D eigenvalue weighted by Gasteiger charge is -2.31. The second-order valence-electron chi connectivity index (χ2n) is 5.17. The van der Waals surface area contributed by atoms with E-state index in [0.717, 1.165) is 25.2 Å². The molecule has 90 valence electrons. The second-order valence-corrected chi connectivity index (χ2v) is 5.17. The van der Waals surface area contributed by atoms with Gasteiger partial charge in [0.1, 0.15) is 0 Å². The molecule has 0 amide bonds. The summed E-state index contributed by atoms with van der Waals surface area (Å²) in [6.45, 7) is 2.62. The summed E-state index contributed by atoms with van der Waals surface area (Å²) in [5.74, 6) is 1.35. The van der Waals surface area contributed by atoms with Crippen molar-refractivity contribution in [2.75, 3.05) is 6.61 Å². The lowest BCUT2D eigenvalue weighted by atomic mass is 9.78. The Morgan fingerprint density at radius 2 is 1.80 bits per heavy atom. The summed E-state index contributed by atoms with van der Waals surface area (Å²) in [6.07, 6.45) is 9.03. The fourth-order valence-electron chi connectivity index (χ4n) is 2.66. The van der Waals surface area contributed by atoms with E-state index < -0.39 is 0 Å². The summed E-state index contributed by atoms with van der Waals surface area (Å²) in [5, 5.41) is 18.5.